The Morgan fingerprint density at radius 2 is 0.457 bits per heavy atom. The van der Waals surface area contributed by atoms with Gasteiger partial charge < -0.3 is 79.4 Å². The van der Waals surface area contributed by atoms with E-state index in [-0.39, 0.29) is 119 Å². The number of aromatic hydroxyl groups is 8. The first-order valence-electron chi connectivity index (χ1n) is 32.8. The van der Waals surface area contributed by atoms with E-state index in [0.717, 1.165) is 0 Å². The SMILES string of the molecule is CCCCN(Cc1c(O)c2cc(c1O)C(C)c1cc(c(O)c(CN(CCCC)C(=O)OC(C)(C)C)c1O)C(C)c1cc(c(O)c(CN(CCCC)C(=O)OC(C)(C)C)c1O)C(C)c1cc(c(O)c(CN(CCCC)C(=O)OC(C)(C)C)c1O)C2C)C(=O)OC(C)(C)C. The summed E-state index contributed by atoms with van der Waals surface area (Å²) in [4.78, 5) is 62.3. The van der Waals surface area contributed by atoms with E-state index in [2.05, 4.69) is 0 Å². The van der Waals surface area contributed by atoms with Crippen LogP contribution >= 0.6 is 0 Å². The van der Waals surface area contributed by atoms with Gasteiger partial charge >= 0.3 is 24.4 Å². The Balaban J connectivity index is 2.09. The van der Waals surface area contributed by atoms with Crippen LogP contribution in [0.1, 0.15) is 280 Å². The molecule has 1 aliphatic rings. The van der Waals surface area contributed by atoms with Crippen LogP contribution in [-0.4, -0.2) is 133 Å². The molecule has 0 aliphatic heterocycles. The summed E-state index contributed by atoms with van der Waals surface area (Å²) in [6, 6.07) is 6.14. The van der Waals surface area contributed by atoms with Crippen molar-refractivity contribution >= 4 is 24.4 Å². The van der Waals surface area contributed by atoms with Gasteiger partial charge in [-0.05, 0) is 133 Å². The molecule has 4 aromatic rings. The molecule has 4 aromatic carbocycles. The summed E-state index contributed by atoms with van der Waals surface area (Å²) >= 11 is 0. The third kappa shape index (κ3) is 18.4. The fraction of sp³-hybridized carbons (Fsp3) is 0.611. The molecule has 0 saturated heterocycles. The van der Waals surface area contributed by atoms with E-state index in [1.165, 1.54) is 43.9 Å². The zero-order valence-corrected chi connectivity index (χ0v) is 58.6. The molecule has 512 valence electrons. The van der Waals surface area contributed by atoms with Gasteiger partial charge in [-0.1, -0.05) is 81.1 Å². The van der Waals surface area contributed by atoms with Crippen molar-refractivity contribution in [2.24, 2.45) is 0 Å². The van der Waals surface area contributed by atoms with Gasteiger partial charge in [-0.25, -0.2) is 19.2 Å². The van der Waals surface area contributed by atoms with Gasteiger partial charge in [0.25, 0.3) is 0 Å². The van der Waals surface area contributed by atoms with E-state index < -0.39 is 116 Å². The molecule has 20 heteroatoms. The maximum absolute atomic E-state index is 14.2. The summed E-state index contributed by atoms with van der Waals surface area (Å²) in [5, 5.41) is 104. The molecule has 0 atom stereocenters. The maximum Gasteiger partial charge on any atom is 0.410 e. The number of ether oxygens (including phenoxy) is 4. The van der Waals surface area contributed by atoms with Crippen molar-refractivity contribution in [3.63, 3.8) is 0 Å². The van der Waals surface area contributed by atoms with Crippen LogP contribution < -0.4 is 0 Å². The van der Waals surface area contributed by atoms with E-state index in [9.17, 15) is 60.0 Å². The molecule has 0 fully saturated rings. The minimum Gasteiger partial charge on any atom is -0.507 e. The monoisotopic (exact) mass is 1280 g/mol. The molecule has 0 heterocycles. The number of fused-ring (bicyclic) bond motifs is 8. The fourth-order valence-electron chi connectivity index (χ4n) is 11.4. The van der Waals surface area contributed by atoms with Crippen LogP contribution in [0, 0.1) is 0 Å². The molecule has 0 radical (unpaired) electrons. The standard InChI is InChI=1S/C72H108N4O16/c1-21-25-29-73(65(85)89-69(9,10)11)37-53-57(77)45-33-46(58(53)78)42(6)48-35-50(62(82)55(60(48)80)39-75(31-27-23-3)67(87)91-71(15,16)17)44(8)52-36-51(63(83)56(64(52)84)40-76(32-28-24-4)68(88)92-72(18,19)20)43(7)49-34-47(41(45)5)59(79)54(61(49)81)38-74(30-26-22-2)66(86)90-70(12,13)14/h33-36,41-44,77-84H,21-32,37-40H2,1-20H3. The van der Waals surface area contributed by atoms with Crippen molar-refractivity contribution in [1.29, 1.82) is 0 Å². The van der Waals surface area contributed by atoms with Gasteiger partial charge in [0, 0.05) is 94.4 Å². The molecule has 0 unspecified atom stereocenters. The first-order valence-corrected chi connectivity index (χ1v) is 32.8. The number of carbonyl (C=O) groups excluding carboxylic acids is 4. The highest BCUT2D eigenvalue weighted by Crippen LogP contribution is 2.54. The predicted octanol–water partition coefficient (Wildman–Crippen LogP) is 16.4. The number of benzene rings is 4. The smallest absolute Gasteiger partial charge is 0.410 e. The molecule has 20 nitrogen and oxygen atoms in total. The van der Waals surface area contributed by atoms with Gasteiger partial charge in [0.1, 0.15) is 68.4 Å². The van der Waals surface area contributed by atoms with Crippen molar-refractivity contribution in [1.82, 2.24) is 19.6 Å². The van der Waals surface area contributed by atoms with Crippen LogP contribution in [-0.2, 0) is 45.1 Å². The Labute approximate surface area is 546 Å². The molecule has 92 heavy (non-hydrogen) atoms. The third-order valence-corrected chi connectivity index (χ3v) is 16.6. The minimum absolute atomic E-state index is 0.110. The fourth-order valence-corrected chi connectivity index (χ4v) is 11.4. The highest BCUT2D eigenvalue weighted by atomic mass is 16.6. The van der Waals surface area contributed by atoms with Crippen molar-refractivity contribution in [3.05, 3.63) is 91.0 Å². The number of nitrogens with zero attached hydrogens (tertiary/aromatic N) is 4. The first kappa shape index (κ1) is 75.1. The van der Waals surface area contributed by atoms with Crippen LogP contribution in [0.4, 0.5) is 19.2 Å². The van der Waals surface area contributed by atoms with Crippen molar-refractivity contribution < 1.29 is 79.0 Å². The topological polar surface area (TPSA) is 280 Å². The van der Waals surface area contributed by atoms with Gasteiger partial charge in [-0.15, -0.1) is 0 Å². The average molecular weight is 1290 g/mol. The lowest BCUT2D eigenvalue weighted by molar-refractivity contribution is 0.0218. The molecule has 8 N–H and O–H groups in total. The number of carbonyl (C=O) groups is 4. The van der Waals surface area contributed by atoms with Crippen molar-refractivity contribution in [2.45, 2.75) is 262 Å². The maximum atomic E-state index is 14.2. The van der Waals surface area contributed by atoms with Crippen LogP contribution in [0.2, 0.25) is 0 Å². The molecule has 0 spiro atoms. The van der Waals surface area contributed by atoms with E-state index in [1.807, 2.05) is 27.7 Å². The quantitative estimate of drug-likeness (QED) is 0.0382. The first-order chi connectivity index (χ1) is 42.6. The van der Waals surface area contributed by atoms with E-state index >= 15 is 0 Å². The van der Waals surface area contributed by atoms with E-state index in [0.29, 0.717) is 51.4 Å². The van der Waals surface area contributed by atoms with Gasteiger partial charge in [0.15, 0.2) is 0 Å². The van der Waals surface area contributed by atoms with Gasteiger partial charge in [-0.3, -0.25) is 0 Å². The number of amides is 4. The summed E-state index contributed by atoms with van der Waals surface area (Å²) in [6.07, 6.45) is 1.84. The second kappa shape index (κ2) is 30.4. The minimum atomic E-state index is -1.09. The molecule has 4 amide bonds. The van der Waals surface area contributed by atoms with Crippen LogP contribution in [0.15, 0.2) is 24.3 Å². The largest absolute Gasteiger partial charge is 0.507 e. The number of phenols is 8. The van der Waals surface area contributed by atoms with Gasteiger partial charge in [0.05, 0.1) is 48.4 Å². The Hall–Kier alpha value is -7.64. The lowest BCUT2D eigenvalue weighted by atomic mass is 9.78. The highest BCUT2D eigenvalue weighted by Gasteiger charge is 2.38. The summed E-state index contributed by atoms with van der Waals surface area (Å²) in [6.45, 7) is 34.3. The van der Waals surface area contributed by atoms with Crippen molar-refractivity contribution in [3.8, 4) is 46.0 Å². The van der Waals surface area contributed by atoms with Crippen LogP contribution in [0.25, 0.3) is 0 Å². The third-order valence-electron chi connectivity index (χ3n) is 16.6. The number of phenolic OH excluding ortho intramolecular Hbond substituents is 8. The van der Waals surface area contributed by atoms with E-state index in [4.69, 9.17) is 18.9 Å². The molecule has 8 bridgehead atoms. The molecule has 0 saturated carbocycles. The molecule has 0 aromatic heterocycles. The molecular formula is C72H108N4O16. The lowest BCUT2D eigenvalue weighted by Crippen LogP contribution is -2.37. The second-order valence-electron chi connectivity index (χ2n) is 28.8. The Morgan fingerprint density at radius 3 is 0.576 bits per heavy atom. The molecule has 1 aliphatic carbocycles. The Kier molecular flexibility index (Phi) is 24.8. The number of rotatable bonds is 20. The Bertz CT molecular complexity index is 2730. The zero-order chi connectivity index (χ0) is 69.4. The predicted molar refractivity (Wildman–Crippen MR) is 355 cm³/mol. The zero-order valence-electron chi connectivity index (χ0n) is 58.6. The summed E-state index contributed by atoms with van der Waals surface area (Å²) in [7, 11) is 0. The highest BCUT2D eigenvalue weighted by molar-refractivity contribution is 5.73. The number of hydrogen-bond donors (Lipinski definition) is 8. The van der Waals surface area contributed by atoms with Gasteiger partial charge in [-0.2, -0.15) is 0 Å². The second-order valence-corrected chi connectivity index (χ2v) is 28.8. The Morgan fingerprint density at radius 1 is 0.315 bits per heavy atom. The molecular weight excluding hydrogens is 1180 g/mol. The lowest BCUT2D eigenvalue weighted by Gasteiger charge is -2.32. The summed E-state index contributed by atoms with van der Waals surface area (Å²) < 4.78 is 23.6. The average Bonchev–Trinajstić information content (AvgIpc) is 0.747. The number of unbranched alkanes of at least 4 members (excludes halogenated alkanes) is 4. The normalized spacial score (nSPS) is 16.0. The summed E-state index contributed by atoms with van der Waals surface area (Å²) in [5.41, 5.74) is -3.30. The van der Waals surface area contributed by atoms with Crippen LogP contribution in [0.5, 0.6) is 46.0 Å². The number of hydrogen-bond acceptors (Lipinski definition) is 16. The van der Waals surface area contributed by atoms with Crippen molar-refractivity contribution in [2.75, 3.05) is 26.2 Å². The van der Waals surface area contributed by atoms with E-state index in [1.54, 1.807) is 111 Å². The van der Waals surface area contributed by atoms with Crippen LogP contribution in [0.3, 0.4) is 0 Å². The summed E-state index contributed by atoms with van der Waals surface area (Å²) in [5.74, 6) is -8.05. The van der Waals surface area contributed by atoms with Gasteiger partial charge in [0.2, 0.25) is 0 Å². The molecule has 5 rings (SSSR count).